The molecule has 0 radical (unpaired) electrons. The molecule has 1 aliphatic carbocycles. The second-order valence-corrected chi connectivity index (χ2v) is 6.88. The van der Waals surface area contributed by atoms with Gasteiger partial charge in [0.2, 0.25) is 0 Å². The first-order valence-corrected chi connectivity index (χ1v) is 8.70. The number of hydrogen-bond acceptors (Lipinski definition) is 4. The Hall–Kier alpha value is -1.16. The topological polar surface area (TPSA) is 41.1 Å². The molecule has 2 bridgehead atoms. The van der Waals surface area contributed by atoms with Gasteiger partial charge in [-0.3, -0.25) is 0 Å². The Morgan fingerprint density at radius 3 is 2.67 bits per heavy atom. The standard InChI is InChI=1S/C17H26N4/c1-2-21(14-9-12-7-8-13(10-14)20-12)17-15-5-3-4-6-16(15)18-11-19-17/h11-14,20H,2-10H2,1H3. The molecule has 1 aromatic rings. The van der Waals surface area contributed by atoms with Crippen LogP contribution in [0.3, 0.4) is 0 Å². The minimum Gasteiger partial charge on any atom is -0.353 e. The lowest BCUT2D eigenvalue weighted by atomic mass is 9.94. The summed E-state index contributed by atoms with van der Waals surface area (Å²) in [5, 5.41) is 3.75. The van der Waals surface area contributed by atoms with E-state index in [9.17, 15) is 0 Å². The van der Waals surface area contributed by atoms with Crippen molar-refractivity contribution in [3.8, 4) is 0 Å². The molecule has 0 saturated carbocycles. The van der Waals surface area contributed by atoms with Crippen LogP contribution in [0, 0.1) is 0 Å². The van der Waals surface area contributed by atoms with Gasteiger partial charge in [0, 0.05) is 35.9 Å². The van der Waals surface area contributed by atoms with Crippen molar-refractivity contribution < 1.29 is 0 Å². The average molecular weight is 286 g/mol. The van der Waals surface area contributed by atoms with Gasteiger partial charge >= 0.3 is 0 Å². The number of hydrogen-bond donors (Lipinski definition) is 1. The fourth-order valence-corrected chi connectivity index (χ4v) is 4.61. The van der Waals surface area contributed by atoms with Crippen LogP contribution in [0.4, 0.5) is 5.82 Å². The molecule has 3 heterocycles. The maximum atomic E-state index is 4.70. The molecule has 21 heavy (non-hydrogen) atoms. The van der Waals surface area contributed by atoms with Gasteiger partial charge in [0.25, 0.3) is 0 Å². The average Bonchev–Trinajstić information content (AvgIpc) is 2.87. The molecule has 1 N–H and O–H groups in total. The Morgan fingerprint density at radius 1 is 1.14 bits per heavy atom. The van der Waals surface area contributed by atoms with Gasteiger partial charge < -0.3 is 10.2 Å². The molecule has 0 amide bonds. The van der Waals surface area contributed by atoms with Crippen LogP contribution in [0.25, 0.3) is 0 Å². The number of rotatable bonds is 3. The summed E-state index contributed by atoms with van der Waals surface area (Å²) in [5.74, 6) is 1.24. The molecule has 2 unspecified atom stereocenters. The predicted octanol–water partition coefficient (Wildman–Crippen LogP) is 2.46. The van der Waals surface area contributed by atoms with Crippen molar-refractivity contribution in [1.82, 2.24) is 15.3 Å². The van der Waals surface area contributed by atoms with Crippen molar-refractivity contribution >= 4 is 5.82 Å². The smallest absolute Gasteiger partial charge is 0.135 e. The van der Waals surface area contributed by atoms with E-state index in [1.165, 1.54) is 62.0 Å². The molecule has 2 fully saturated rings. The molecule has 4 rings (SSSR count). The molecule has 3 aliphatic rings. The molecule has 4 heteroatoms. The molecule has 114 valence electrons. The van der Waals surface area contributed by atoms with E-state index < -0.39 is 0 Å². The summed E-state index contributed by atoms with van der Waals surface area (Å²) >= 11 is 0. The highest BCUT2D eigenvalue weighted by Crippen LogP contribution is 2.34. The van der Waals surface area contributed by atoms with Crippen LogP contribution in [-0.2, 0) is 12.8 Å². The van der Waals surface area contributed by atoms with E-state index in [2.05, 4.69) is 22.1 Å². The maximum absolute atomic E-state index is 4.70. The Labute approximate surface area is 127 Å². The third-order valence-electron chi connectivity index (χ3n) is 5.60. The van der Waals surface area contributed by atoms with Crippen molar-refractivity contribution in [2.75, 3.05) is 11.4 Å². The molecule has 1 aromatic heterocycles. The predicted molar refractivity (Wildman–Crippen MR) is 84.7 cm³/mol. The van der Waals surface area contributed by atoms with Crippen LogP contribution in [0.2, 0.25) is 0 Å². The van der Waals surface area contributed by atoms with E-state index in [0.717, 1.165) is 25.0 Å². The number of piperidine rings is 1. The van der Waals surface area contributed by atoms with E-state index in [1.54, 1.807) is 6.33 Å². The van der Waals surface area contributed by atoms with Crippen molar-refractivity contribution in [2.24, 2.45) is 0 Å². The van der Waals surface area contributed by atoms with Gasteiger partial charge in [0.05, 0.1) is 0 Å². The van der Waals surface area contributed by atoms with Gasteiger partial charge in [-0.1, -0.05) is 0 Å². The van der Waals surface area contributed by atoms with Gasteiger partial charge in [-0.25, -0.2) is 9.97 Å². The first-order chi connectivity index (χ1) is 10.3. The Kier molecular flexibility index (Phi) is 3.57. The van der Waals surface area contributed by atoms with Crippen LogP contribution >= 0.6 is 0 Å². The molecule has 2 saturated heterocycles. The summed E-state index contributed by atoms with van der Waals surface area (Å²) in [5.41, 5.74) is 2.75. The monoisotopic (exact) mass is 286 g/mol. The van der Waals surface area contributed by atoms with Crippen molar-refractivity contribution in [2.45, 2.75) is 76.4 Å². The summed E-state index contributed by atoms with van der Waals surface area (Å²) in [6.45, 7) is 3.34. The zero-order valence-corrected chi connectivity index (χ0v) is 13.0. The molecular formula is C17H26N4. The number of aryl methyl sites for hydroxylation is 1. The SMILES string of the molecule is CCN(c1ncnc2c1CCCC2)C1CC2CCC(C1)N2. The zero-order chi connectivity index (χ0) is 14.2. The highest BCUT2D eigenvalue weighted by Gasteiger charge is 2.36. The van der Waals surface area contributed by atoms with Crippen molar-refractivity contribution in [3.05, 3.63) is 17.6 Å². The minimum atomic E-state index is 0.662. The van der Waals surface area contributed by atoms with E-state index in [1.807, 2.05) is 0 Å². The van der Waals surface area contributed by atoms with Gasteiger partial charge in [-0.15, -0.1) is 0 Å². The second-order valence-electron chi connectivity index (χ2n) is 6.88. The number of nitrogens with zero attached hydrogens (tertiary/aromatic N) is 3. The zero-order valence-electron chi connectivity index (χ0n) is 13.0. The minimum absolute atomic E-state index is 0.662. The Balaban J connectivity index is 1.64. The summed E-state index contributed by atoms with van der Waals surface area (Å²) in [6, 6.07) is 2.13. The lowest BCUT2D eigenvalue weighted by Gasteiger charge is -2.39. The Bertz CT molecular complexity index is 504. The van der Waals surface area contributed by atoms with E-state index in [4.69, 9.17) is 4.98 Å². The summed E-state index contributed by atoms with van der Waals surface area (Å²) in [6.07, 6.45) is 12.0. The number of nitrogens with one attached hydrogen (secondary N) is 1. The van der Waals surface area contributed by atoms with Crippen molar-refractivity contribution in [1.29, 1.82) is 0 Å². The van der Waals surface area contributed by atoms with Crippen LogP contribution in [-0.4, -0.2) is 34.6 Å². The molecular weight excluding hydrogens is 260 g/mol. The highest BCUT2D eigenvalue weighted by molar-refractivity contribution is 5.50. The highest BCUT2D eigenvalue weighted by atomic mass is 15.2. The van der Waals surface area contributed by atoms with Crippen LogP contribution in [0.1, 0.15) is 56.7 Å². The number of anilines is 1. The quantitative estimate of drug-likeness (QED) is 0.927. The first-order valence-electron chi connectivity index (χ1n) is 8.70. The van der Waals surface area contributed by atoms with Crippen LogP contribution in [0.15, 0.2) is 6.33 Å². The molecule has 0 aromatic carbocycles. The van der Waals surface area contributed by atoms with E-state index in [0.29, 0.717) is 6.04 Å². The lowest BCUT2D eigenvalue weighted by Crippen LogP contribution is -2.49. The summed E-state index contributed by atoms with van der Waals surface area (Å²) in [7, 11) is 0. The van der Waals surface area contributed by atoms with E-state index in [-0.39, 0.29) is 0 Å². The molecule has 2 aliphatic heterocycles. The summed E-state index contributed by atoms with van der Waals surface area (Å²) in [4.78, 5) is 11.8. The molecule has 2 atom stereocenters. The summed E-state index contributed by atoms with van der Waals surface area (Å²) < 4.78 is 0. The Morgan fingerprint density at radius 2 is 1.90 bits per heavy atom. The van der Waals surface area contributed by atoms with Crippen LogP contribution < -0.4 is 10.2 Å². The fraction of sp³-hybridized carbons (Fsp3) is 0.765. The largest absolute Gasteiger partial charge is 0.353 e. The normalized spacial score (nSPS) is 31.0. The van der Waals surface area contributed by atoms with Gasteiger partial charge in [-0.2, -0.15) is 0 Å². The third kappa shape index (κ3) is 2.44. The second kappa shape index (κ2) is 5.56. The number of aromatic nitrogens is 2. The van der Waals surface area contributed by atoms with Gasteiger partial charge in [-0.05, 0) is 58.3 Å². The first kappa shape index (κ1) is 13.5. The van der Waals surface area contributed by atoms with E-state index >= 15 is 0 Å². The number of fused-ring (bicyclic) bond motifs is 3. The molecule has 4 nitrogen and oxygen atoms in total. The molecule has 0 spiro atoms. The lowest BCUT2D eigenvalue weighted by molar-refractivity contribution is 0.347. The third-order valence-corrected chi connectivity index (χ3v) is 5.60. The fourth-order valence-electron chi connectivity index (χ4n) is 4.61. The van der Waals surface area contributed by atoms with Gasteiger partial charge in [0.15, 0.2) is 0 Å². The van der Waals surface area contributed by atoms with Gasteiger partial charge in [0.1, 0.15) is 12.1 Å². The van der Waals surface area contributed by atoms with Crippen LogP contribution in [0.5, 0.6) is 0 Å². The van der Waals surface area contributed by atoms with Crippen molar-refractivity contribution in [3.63, 3.8) is 0 Å². The maximum Gasteiger partial charge on any atom is 0.135 e.